The zero-order valence-corrected chi connectivity index (χ0v) is 20.3. The third-order valence-electron chi connectivity index (χ3n) is 6.83. The topological polar surface area (TPSA) is 65.5 Å². The van der Waals surface area contributed by atoms with Gasteiger partial charge in [0.2, 0.25) is 0 Å². The van der Waals surface area contributed by atoms with Crippen molar-refractivity contribution in [1.29, 1.82) is 0 Å². The molecule has 1 aliphatic carbocycles. The number of benzene rings is 1. The number of halogens is 3. The first kappa shape index (κ1) is 24.8. The van der Waals surface area contributed by atoms with Crippen molar-refractivity contribution in [2.75, 3.05) is 23.4 Å². The summed E-state index contributed by atoms with van der Waals surface area (Å²) in [5.74, 6) is 0. The number of rotatable bonds is 6. The molecule has 2 aromatic rings. The largest absolute Gasteiger partial charge is 0.501 e. The average Bonchev–Trinajstić information content (AvgIpc) is 3.09. The number of aromatic nitrogens is 1. The fraction of sp³-hybridized carbons (Fsp3) is 0.542. The number of alkyl halides is 3. The maximum Gasteiger partial charge on any atom is 0.501 e. The third-order valence-corrected chi connectivity index (χ3v) is 8.33. The van der Waals surface area contributed by atoms with E-state index in [2.05, 4.69) is 33.9 Å². The summed E-state index contributed by atoms with van der Waals surface area (Å²) in [4.78, 5) is 7.94. The SMILES string of the molecule is CC1(C)CN(c2ccc(S(=O)(=O)C(F)(F)F)cc2)CN1Cc1ccncc1NC1CCCCC1. The second kappa shape index (κ2) is 9.37. The van der Waals surface area contributed by atoms with Gasteiger partial charge in [0.25, 0.3) is 9.84 Å². The van der Waals surface area contributed by atoms with Gasteiger partial charge in [0, 0.05) is 36.6 Å². The van der Waals surface area contributed by atoms with Crippen molar-refractivity contribution in [2.45, 2.75) is 74.5 Å². The average molecular weight is 497 g/mol. The molecule has 0 unspecified atom stereocenters. The Bertz CT molecular complexity index is 1100. The van der Waals surface area contributed by atoms with E-state index < -0.39 is 20.2 Å². The van der Waals surface area contributed by atoms with E-state index in [-0.39, 0.29) is 5.54 Å². The van der Waals surface area contributed by atoms with E-state index in [1.165, 1.54) is 31.4 Å². The minimum Gasteiger partial charge on any atom is -0.381 e. The van der Waals surface area contributed by atoms with Crippen LogP contribution in [0.1, 0.15) is 51.5 Å². The Morgan fingerprint density at radius 3 is 2.41 bits per heavy atom. The van der Waals surface area contributed by atoms with Crippen molar-refractivity contribution >= 4 is 21.2 Å². The second-order valence-corrected chi connectivity index (χ2v) is 11.7. The Morgan fingerprint density at radius 2 is 1.76 bits per heavy atom. The van der Waals surface area contributed by atoms with Crippen LogP contribution in [0.4, 0.5) is 24.5 Å². The lowest BCUT2D eigenvalue weighted by Gasteiger charge is -2.31. The molecule has 1 aromatic heterocycles. The van der Waals surface area contributed by atoms with Crippen molar-refractivity contribution in [3.05, 3.63) is 48.3 Å². The van der Waals surface area contributed by atoms with Crippen LogP contribution in [0.3, 0.4) is 0 Å². The molecular formula is C24H31F3N4O2S. The Hall–Kier alpha value is -2.33. The molecule has 10 heteroatoms. The highest BCUT2D eigenvalue weighted by Crippen LogP contribution is 2.34. The number of nitrogens with one attached hydrogen (secondary N) is 1. The molecule has 0 spiro atoms. The smallest absolute Gasteiger partial charge is 0.381 e. The van der Waals surface area contributed by atoms with Crippen LogP contribution in [0.5, 0.6) is 0 Å². The number of hydrogen-bond donors (Lipinski definition) is 1. The molecule has 1 saturated carbocycles. The van der Waals surface area contributed by atoms with Crippen molar-refractivity contribution in [3.63, 3.8) is 0 Å². The van der Waals surface area contributed by atoms with Crippen LogP contribution in [0, 0.1) is 0 Å². The van der Waals surface area contributed by atoms with Gasteiger partial charge in [-0.3, -0.25) is 9.88 Å². The fourth-order valence-corrected chi connectivity index (χ4v) is 5.55. The number of pyridine rings is 1. The van der Waals surface area contributed by atoms with Crippen molar-refractivity contribution < 1.29 is 21.6 Å². The van der Waals surface area contributed by atoms with E-state index >= 15 is 0 Å². The van der Waals surface area contributed by atoms with Crippen LogP contribution in [0.25, 0.3) is 0 Å². The molecule has 0 amide bonds. The zero-order chi connectivity index (χ0) is 24.6. The van der Waals surface area contributed by atoms with Gasteiger partial charge in [-0.15, -0.1) is 0 Å². The van der Waals surface area contributed by atoms with Gasteiger partial charge in [0.1, 0.15) is 0 Å². The number of anilines is 2. The first-order chi connectivity index (χ1) is 16.0. The molecule has 2 heterocycles. The van der Waals surface area contributed by atoms with Crippen LogP contribution in [-0.4, -0.2) is 48.6 Å². The minimum absolute atomic E-state index is 0.192. The standard InChI is InChI=1S/C24H31F3N4O2S/c1-23(2)16-30(20-8-10-21(11-9-20)34(32,33)24(25,26)27)17-31(23)15-18-12-13-28-14-22(18)29-19-6-4-3-5-7-19/h8-14,19,29H,3-7,15-17H2,1-2H3. The molecule has 6 nitrogen and oxygen atoms in total. The van der Waals surface area contributed by atoms with Crippen LogP contribution in [0.15, 0.2) is 47.6 Å². The number of sulfone groups is 1. The molecule has 0 atom stereocenters. The van der Waals surface area contributed by atoms with Gasteiger partial charge in [0.05, 0.1) is 23.4 Å². The molecule has 2 aliphatic rings. The normalized spacial score (nSPS) is 20.0. The van der Waals surface area contributed by atoms with E-state index in [4.69, 9.17) is 0 Å². The summed E-state index contributed by atoms with van der Waals surface area (Å²) in [6.45, 7) is 6.19. The quantitative estimate of drug-likeness (QED) is 0.595. The molecule has 1 aromatic carbocycles. The molecule has 0 radical (unpaired) electrons. The molecule has 4 rings (SSSR count). The van der Waals surface area contributed by atoms with Gasteiger partial charge in [-0.1, -0.05) is 19.3 Å². The first-order valence-corrected chi connectivity index (χ1v) is 13.1. The van der Waals surface area contributed by atoms with Gasteiger partial charge in [0.15, 0.2) is 0 Å². The van der Waals surface area contributed by atoms with E-state index in [0.717, 1.165) is 36.2 Å². The van der Waals surface area contributed by atoms with E-state index in [1.807, 2.05) is 12.3 Å². The van der Waals surface area contributed by atoms with Crippen molar-refractivity contribution in [3.8, 4) is 0 Å². The molecular weight excluding hydrogens is 465 g/mol. The molecule has 0 bridgehead atoms. The number of nitrogens with zero attached hydrogens (tertiary/aromatic N) is 3. The summed E-state index contributed by atoms with van der Waals surface area (Å²) in [7, 11) is -5.35. The second-order valence-electron chi connectivity index (χ2n) is 9.80. The van der Waals surface area contributed by atoms with Gasteiger partial charge >= 0.3 is 5.51 Å². The van der Waals surface area contributed by atoms with Gasteiger partial charge < -0.3 is 10.2 Å². The Morgan fingerprint density at radius 1 is 1.09 bits per heavy atom. The van der Waals surface area contributed by atoms with E-state index in [9.17, 15) is 21.6 Å². The Balaban J connectivity index is 1.48. The van der Waals surface area contributed by atoms with Gasteiger partial charge in [-0.2, -0.15) is 13.2 Å². The summed E-state index contributed by atoms with van der Waals surface area (Å²) >= 11 is 0. The lowest BCUT2D eigenvalue weighted by atomic mass is 9.95. The van der Waals surface area contributed by atoms with Crippen LogP contribution in [0.2, 0.25) is 0 Å². The molecule has 1 aliphatic heterocycles. The highest BCUT2D eigenvalue weighted by atomic mass is 32.2. The van der Waals surface area contributed by atoms with Gasteiger partial charge in [-0.25, -0.2) is 8.42 Å². The lowest BCUT2D eigenvalue weighted by molar-refractivity contribution is -0.0436. The van der Waals surface area contributed by atoms with Crippen LogP contribution >= 0.6 is 0 Å². The summed E-state index contributed by atoms with van der Waals surface area (Å²) in [5.41, 5.74) is -2.61. The van der Waals surface area contributed by atoms with Crippen LogP contribution < -0.4 is 10.2 Å². The maximum absolute atomic E-state index is 12.8. The highest BCUT2D eigenvalue weighted by molar-refractivity contribution is 7.92. The predicted molar refractivity (Wildman–Crippen MR) is 126 cm³/mol. The summed E-state index contributed by atoms with van der Waals surface area (Å²) in [6.07, 6.45) is 9.77. The number of hydrogen-bond acceptors (Lipinski definition) is 6. The third kappa shape index (κ3) is 5.17. The van der Waals surface area contributed by atoms with Crippen molar-refractivity contribution in [1.82, 2.24) is 9.88 Å². The fourth-order valence-electron chi connectivity index (χ4n) is 4.78. The lowest BCUT2D eigenvalue weighted by Crippen LogP contribution is -2.39. The minimum atomic E-state index is -5.35. The van der Waals surface area contributed by atoms with Crippen LogP contribution in [-0.2, 0) is 16.4 Å². The Labute approximate surface area is 199 Å². The molecule has 2 fully saturated rings. The molecule has 34 heavy (non-hydrogen) atoms. The monoisotopic (exact) mass is 496 g/mol. The van der Waals surface area contributed by atoms with E-state index in [1.54, 1.807) is 6.20 Å². The summed E-state index contributed by atoms with van der Waals surface area (Å²) in [6, 6.07) is 7.44. The maximum atomic E-state index is 12.8. The predicted octanol–water partition coefficient (Wildman–Crippen LogP) is 5.18. The van der Waals surface area contributed by atoms with E-state index in [0.29, 0.717) is 31.5 Å². The first-order valence-electron chi connectivity index (χ1n) is 11.6. The summed E-state index contributed by atoms with van der Waals surface area (Å²) < 4.78 is 61.9. The molecule has 186 valence electrons. The summed E-state index contributed by atoms with van der Waals surface area (Å²) in [5, 5.41) is 3.67. The zero-order valence-electron chi connectivity index (χ0n) is 19.5. The highest BCUT2D eigenvalue weighted by Gasteiger charge is 2.47. The Kier molecular flexibility index (Phi) is 6.83. The van der Waals surface area contributed by atoms with Gasteiger partial charge in [-0.05, 0) is 62.6 Å². The molecule has 1 saturated heterocycles. The van der Waals surface area contributed by atoms with Crippen molar-refractivity contribution in [2.24, 2.45) is 0 Å². The molecule has 1 N–H and O–H groups in total.